The summed E-state index contributed by atoms with van der Waals surface area (Å²) in [6.45, 7) is 14.6. The van der Waals surface area contributed by atoms with Crippen molar-refractivity contribution in [2.24, 2.45) is 10.8 Å². The molecule has 30 heavy (non-hydrogen) atoms. The fourth-order valence-corrected chi connectivity index (χ4v) is 4.97. The number of hydrogen-bond donors (Lipinski definition) is 1. The van der Waals surface area contributed by atoms with Gasteiger partial charge in [-0.3, -0.25) is 0 Å². The van der Waals surface area contributed by atoms with E-state index in [9.17, 15) is 5.11 Å². The van der Waals surface area contributed by atoms with Gasteiger partial charge in [0.25, 0.3) is 0 Å². The lowest BCUT2D eigenvalue weighted by molar-refractivity contribution is -0.398. The van der Waals surface area contributed by atoms with Crippen LogP contribution in [0.4, 0.5) is 0 Å². The summed E-state index contributed by atoms with van der Waals surface area (Å²) in [7, 11) is 0. The number of ether oxygens (including phenoxy) is 4. The number of aliphatic hydroxyl groups excluding tert-OH is 1. The zero-order valence-electron chi connectivity index (χ0n) is 19.5. The Bertz CT molecular complexity index is 646. The fraction of sp³-hybridized carbons (Fsp3) is 0.760. The van der Waals surface area contributed by atoms with Crippen molar-refractivity contribution in [2.75, 3.05) is 13.2 Å². The molecule has 4 atom stereocenters. The van der Waals surface area contributed by atoms with Gasteiger partial charge in [-0.05, 0) is 24.8 Å². The smallest absolute Gasteiger partial charge is 0.178 e. The summed E-state index contributed by atoms with van der Waals surface area (Å²) in [6, 6.07) is 10.1. The van der Waals surface area contributed by atoms with Gasteiger partial charge < -0.3 is 24.1 Å². The third-order valence-electron chi connectivity index (χ3n) is 6.34. The predicted molar refractivity (Wildman–Crippen MR) is 117 cm³/mol. The van der Waals surface area contributed by atoms with Gasteiger partial charge in [-0.15, -0.1) is 0 Å². The average molecular weight is 421 g/mol. The molecule has 170 valence electrons. The van der Waals surface area contributed by atoms with Crippen molar-refractivity contribution in [1.82, 2.24) is 0 Å². The Balaban J connectivity index is 1.59. The van der Waals surface area contributed by atoms with Crippen LogP contribution in [0.15, 0.2) is 30.3 Å². The topological polar surface area (TPSA) is 57.2 Å². The van der Waals surface area contributed by atoms with Crippen LogP contribution in [0.5, 0.6) is 0 Å². The van der Waals surface area contributed by atoms with E-state index in [2.05, 4.69) is 53.7 Å². The standard InChI is InChI=1S/C25H40O5/c1-23(2,3)25(24(4,5)6)28-17-22-21(30-25)13-12-19(26)20(29-22)14-15-27-16-18-10-8-7-9-11-18/h7-11,19-22,26H,12-17H2,1-6H3/t19-,20+,21+,22-/m1/s1. The summed E-state index contributed by atoms with van der Waals surface area (Å²) in [5.74, 6) is -0.700. The maximum Gasteiger partial charge on any atom is 0.178 e. The van der Waals surface area contributed by atoms with Crippen molar-refractivity contribution in [3.63, 3.8) is 0 Å². The molecule has 2 aliphatic heterocycles. The normalized spacial score (nSPS) is 29.8. The van der Waals surface area contributed by atoms with Crippen LogP contribution in [-0.2, 0) is 25.6 Å². The minimum atomic E-state index is -0.700. The molecule has 0 spiro atoms. The molecule has 2 heterocycles. The molecule has 2 fully saturated rings. The molecule has 0 radical (unpaired) electrons. The van der Waals surface area contributed by atoms with Crippen LogP contribution >= 0.6 is 0 Å². The number of benzene rings is 1. The Labute approximate surface area is 182 Å². The highest BCUT2D eigenvalue weighted by molar-refractivity contribution is 5.13. The van der Waals surface area contributed by atoms with Crippen molar-refractivity contribution in [3.05, 3.63) is 35.9 Å². The van der Waals surface area contributed by atoms with Gasteiger partial charge in [0.15, 0.2) is 5.79 Å². The third kappa shape index (κ3) is 5.08. The zero-order chi connectivity index (χ0) is 22.0. The number of hydrogen-bond acceptors (Lipinski definition) is 5. The first-order chi connectivity index (χ1) is 14.0. The lowest BCUT2D eigenvalue weighted by Gasteiger charge is -2.57. The zero-order valence-corrected chi connectivity index (χ0v) is 19.5. The monoisotopic (exact) mass is 420 g/mol. The van der Waals surface area contributed by atoms with Gasteiger partial charge in [-0.2, -0.15) is 0 Å². The maximum absolute atomic E-state index is 10.7. The molecular weight excluding hydrogens is 380 g/mol. The van der Waals surface area contributed by atoms with Crippen molar-refractivity contribution in [3.8, 4) is 0 Å². The first kappa shape index (κ1) is 23.7. The minimum Gasteiger partial charge on any atom is -0.390 e. The third-order valence-corrected chi connectivity index (χ3v) is 6.34. The lowest BCUT2D eigenvalue weighted by atomic mass is 9.69. The molecule has 2 aliphatic rings. The van der Waals surface area contributed by atoms with Gasteiger partial charge in [0.2, 0.25) is 0 Å². The molecule has 3 rings (SSSR count). The van der Waals surface area contributed by atoms with Gasteiger partial charge in [-0.1, -0.05) is 71.9 Å². The van der Waals surface area contributed by atoms with E-state index < -0.39 is 11.9 Å². The van der Waals surface area contributed by atoms with Crippen LogP contribution in [0.1, 0.15) is 66.4 Å². The fourth-order valence-electron chi connectivity index (χ4n) is 4.97. The molecule has 1 aromatic carbocycles. The summed E-state index contributed by atoms with van der Waals surface area (Å²) in [6.07, 6.45) is 1.06. The van der Waals surface area contributed by atoms with E-state index in [4.69, 9.17) is 18.9 Å². The van der Waals surface area contributed by atoms with Crippen LogP contribution in [0.3, 0.4) is 0 Å². The molecule has 0 amide bonds. The van der Waals surface area contributed by atoms with E-state index in [0.717, 1.165) is 12.0 Å². The molecule has 0 bridgehead atoms. The van der Waals surface area contributed by atoms with Gasteiger partial charge in [0, 0.05) is 17.4 Å². The summed E-state index contributed by atoms with van der Waals surface area (Å²) in [5, 5.41) is 10.7. The quantitative estimate of drug-likeness (QED) is 0.700. The van der Waals surface area contributed by atoms with E-state index in [1.807, 2.05) is 18.2 Å². The highest BCUT2D eigenvalue weighted by atomic mass is 16.7. The van der Waals surface area contributed by atoms with E-state index in [-0.39, 0.29) is 29.1 Å². The van der Waals surface area contributed by atoms with Gasteiger partial charge >= 0.3 is 0 Å². The van der Waals surface area contributed by atoms with E-state index in [0.29, 0.717) is 32.7 Å². The highest BCUT2D eigenvalue weighted by Gasteiger charge is 2.58. The Morgan fingerprint density at radius 1 is 1.00 bits per heavy atom. The van der Waals surface area contributed by atoms with E-state index in [1.165, 1.54) is 0 Å². The Kier molecular flexibility index (Phi) is 7.30. The second-order valence-corrected chi connectivity index (χ2v) is 10.8. The Morgan fingerprint density at radius 3 is 2.30 bits per heavy atom. The molecule has 0 unspecified atom stereocenters. The van der Waals surface area contributed by atoms with Gasteiger partial charge in [0.05, 0.1) is 31.5 Å². The first-order valence-electron chi connectivity index (χ1n) is 11.3. The minimum absolute atomic E-state index is 0.0814. The number of aliphatic hydroxyl groups is 1. The predicted octanol–water partition coefficient (Wildman–Crippen LogP) is 4.71. The Morgan fingerprint density at radius 2 is 1.67 bits per heavy atom. The number of rotatable bonds is 5. The lowest BCUT2D eigenvalue weighted by Crippen LogP contribution is -2.64. The van der Waals surface area contributed by atoms with Crippen LogP contribution in [0, 0.1) is 10.8 Å². The van der Waals surface area contributed by atoms with Crippen LogP contribution in [0.2, 0.25) is 0 Å². The van der Waals surface area contributed by atoms with Crippen molar-refractivity contribution in [2.45, 2.75) is 97.6 Å². The van der Waals surface area contributed by atoms with E-state index >= 15 is 0 Å². The molecule has 0 aromatic heterocycles. The summed E-state index contributed by atoms with van der Waals surface area (Å²) in [5.41, 5.74) is 0.771. The second kappa shape index (κ2) is 9.25. The molecule has 1 N–H and O–H groups in total. The van der Waals surface area contributed by atoms with Crippen molar-refractivity contribution in [1.29, 1.82) is 0 Å². The first-order valence-corrected chi connectivity index (χ1v) is 11.3. The second-order valence-electron chi connectivity index (χ2n) is 10.8. The summed E-state index contributed by atoms with van der Waals surface area (Å²) in [4.78, 5) is 0. The summed E-state index contributed by atoms with van der Waals surface area (Å²) < 4.78 is 25.2. The molecule has 0 saturated carbocycles. The largest absolute Gasteiger partial charge is 0.390 e. The summed E-state index contributed by atoms with van der Waals surface area (Å²) >= 11 is 0. The van der Waals surface area contributed by atoms with Crippen LogP contribution in [-0.4, -0.2) is 48.5 Å². The molecule has 2 saturated heterocycles. The molecular formula is C25H40O5. The average Bonchev–Trinajstić information content (AvgIpc) is 2.83. The highest BCUT2D eigenvalue weighted by Crippen LogP contribution is 2.51. The van der Waals surface area contributed by atoms with Crippen molar-refractivity contribution >= 4 is 0 Å². The Hall–Kier alpha value is -0.980. The molecule has 0 aliphatic carbocycles. The maximum atomic E-state index is 10.7. The van der Waals surface area contributed by atoms with Gasteiger partial charge in [-0.25, -0.2) is 0 Å². The SMILES string of the molecule is CC(C)(C)C1(C(C)(C)C)OC[C@H]2O[C@@H](CCOCc3ccccc3)[C@H](O)CC[C@@H]2O1. The van der Waals surface area contributed by atoms with Crippen LogP contribution < -0.4 is 0 Å². The molecule has 5 heteroatoms. The van der Waals surface area contributed by atoms with Gasteiger partial charge in [0.1, 0.15) is 6.10 Å². The van der Waals surface area contributed by atoms with E-state index in [1.54, 1.807) is 0 Å². The van der Waals surface area contributed by atoms with Crippen molar-refractivity contribution < 1.29 is 24.1 Å². The molecule has 1 aromatic rings. The number of fused-ring (bicyclic) bond motifs is 1. The molecule has 5 nitrogen and oxygen atoms in total. The van der Waals surface area contributed by atoms with Crippen LogP contribution in [0.25, 0.3) is 0 Å².